The SMILES string of the molecule is COc1ccc(S(=O)(=O)NC[C@H]2O[C@@H](CO)[C@@H](O)[C@H]2N2CCN(c3ccccc3OC)CC2)cc1.Cl.Cl. The minimum absolute atomic E-state index is 0. The number of ether oxygens (including phenoxy) is 3. The number of anilines is 1. The molecule has 4 atom stereocenters. The highest BCUT2D eigenvalue weighted by Gasteiger charge is 2.47. The molecule has 4 rings (SSSR count). The maximum Gasteiger partial charge on any atom is 0.240 e. The Kier molecular flexibility index (Phi) is 11.7. The summed E-state index contributed by atoms with van der Waals surface area (Å²) in [5.41, 5.74) is 1.01. The number of sulfonamides is 1. The van der Waals surface area contributed by atoms with E-state index in [0.717, 1.165) is 11.4 Å². The molecule has 0 aliphatic carbocycles. The van der Waals surface area contributed by atoms with E-state index in [4.69, 9.17) is 14.2 Å². The number of aliphatic hydroxyl groups is 2. The molecule has 10 nitrogen and oxygen atoms in total. The number of halogens is 2. The van der Waals surface area contributed by atoms with Crippen molar-refractivity contribution in [1.82, 2.24) is 9.62 Å². The van der Waals surface area contributed by atoms with E-state index in [1.807, 2.05) is 24.3 Å². The molecule has 0 amide bonds. The third-order valence-corrected chi connectivity index (χ3v) is 8.09. The summed E-state index contributed by atoms with van der Waals surface area (Å²) < 4.78 is 44.7. The lowest BCUT2D eigenvalue weighted by Gasteiger charge is -2.41. The van der Waals surface area contributed by atoms with Crippen molar-refractivity contribution in [2.75, 3.05) is 58.5 Å². The summed E-state index contributed by atoms with van der Waals surface area (Å²) in [7, 11) is -0.632. The van der Waals surface area contributed by atoms with Crippen LogP contribution in [0.1, 0.15) is 0 Å². The van der Waals surface area contributed by atoms with Gasteiger partial charge in [-0.1, -0.05) is 12.1 Å². The van der Waals surface area contributed by atoms with Crippen molar-refractivity contribution in [3.8, 4) is 11.5 Å². The second kappa shape index (κ2) is 13.8. The number of para-hydroxylation sites is 2. The summed E-state index contributed by atoms with van der Waals surface area (Å²) in [5.74, 6) is 1.36. The molecule has 2 aromatic carbocycles. The topological polar surface area (TPSA) is 121 Å². The maximum absolute atomic E-state index is 12.8. The highest BCUT2D eigenvalue weighted by molar-refractivity contribution is 7.89. The normalized spacial score (nSPS) is 24.2. The van der Waals surface area contributed by atoms with Crippen molar-refractivity contribution in [2.24, 2.45) is 0 Å². The van der Waals surface area contributed by atoms with E-state index in [1.54, 1.807) is 19.2 Å². The van der Waals surface area contributed by atoms with Gasteiger partial charge in [-0.15, -0.1) is 24.8 Å². The quantitative estimate of drug-likeness (QED) is 0.401. The van der Waals surface area contributed by atoms with Gasteiger partial charge in [-0.05, 0) is 36.4 Å². The third-order valence-electron chi connectivity index (χ3n) is 6.65. The van der Waals surface area contributed by atoms with Crippen LogP contribution in [0.5, 0.6) is 11.5 Å². The maximum atomic E-state index is 12.8. The largest absolute Gasteiger partial charge is 0.497 e. The molecular formula is C24H35Cl2N3O7S. The Hall–Kier alpha value is -1.83. The van der Waals surface area contributed by atoms with Crippen LogP contribution < -0.4 is 19.1 Å². The van der Waals surface area contributed by atoms with E-state index in [-0.39, 0.29) is 42.9 Å². The zero-order chi connectivity index (χ0) is 25.0. The summed E-state index contributed by atoms with van der Waals surface area (Å²) >= 11 is 0. The molecule has 3 N–H and O–H groups in total. The van der Waals surface area contributed by atoms with Crippen LogP contribution in [0.2, 0.25) is 0 Å². The van der Waals surface area contributed by atoms with Crippen LogP contribution in [-0.4, -0.2) is 101 Å². The van der Waals surface area contributed by atoms with Gasteiger partial charge in [-0.2, -0.15) is 0 Å². The van der Waals surface area contributed by atoms with Gasteiger partial charge in [0.05, 0.1) is 43.6 Å². The Morgan fingerprint density at radius 1 is 0.973 bits per heavy atom. The van der Waals surface area contributed by atoms with Gasteiger partial charge < -0.3 is 29.3 Å². The molecule has 2 saturated heterocycles. The second-order valence-corrected chi connectivity index (χ2v) is 10.4. The van der Waals surface area contributed by atoms with E-state index < -0.39 is 34.4 Å². The van der Waals surface area contributed by atoms with E-state index in [9.17, 15) is 18.6 Å². The van der Waals surface area contributed by atoms with Crippen LogP contribution >= 0.6 is 24.8 Å². The smallest absolute Gasteiger partial charge is 0.240 e. The molecule has 0 bridgehead atoms. The number of methoxy groups -OCH3 is 2. The number of hydrogen-bond donors (Lipinski definition) is 3. The van der Waals surface area contributed by atoms with Gasteiger partial charge in [-0.25, -0.2) is 13.1 Å². The number of nitrogens with one attached hydrogen (secondary N) is 1. The lowest BCUT2D eigenvalue weighted by atomic mass is 10.0. The molecule has 13 heteroatoms. The number of benzene rings is 2. The predicted molar refractivity (Wildman–Crippen MR) is 145 cm³/mol. The van der Waals surface area contributed by atoms with Crippen molar-refractivity contribution < 1.29 is 32.8 Å². The molecule has 0 unspecified atom stereocenters. The fourth-order valence-corrected chi connectivity index (χ4v) is 5.82. The summed E-state index contributed by atoms with van der Waals surface area (Å²) in [5, 5.41) is 20.6. The van der Waals surface area contributed by atoms with Crippen LogP contribution in [0.3, 0.4) is 0 Å². The van der Waals surface area contributed by atoms with Gasteiger partial charge in [0.25, 0.3) is 0 Å². The Balaban J connectivity index is 0.00000241. The molecule has 2 heterocycles. The molecule has 0 aromatic heterocycles. The van der Waals surface area contributed by atoms with Crippen molar-refractivity contribution in [2.45, 2.75) is 29.2 Å². The highest BCUT2D eigenvalue weighted by Crippen LogP contribution is 2.31. The molecule has 2 fully saturated rings. The fourth-order valence-electron chi connectivity index (χ4n) is 4.78. The first kappa shape index (κ1) is 31.4. The van der Waals surface area contributed by atoms with Crippen molar-refractivity contribution in [3.05, 3.63) is 48.5 Å². The van der Waals surface area contributed by atoms with Crippen LogP contribution in [0, 0.1) is 0 Å². The van der Waals surface area contributed by atoms with Gasteiger partial charge in [0.15, 0.2) is 0 Å². The van der Waals surface area contributed by atoms with Crippen molar-refractivity contribution >= 4 is 40.5 Å². The third kappa shape index (κ3) is 6.98. The summed E-state index contributed by atoms with van der Waals surface area (Å²) in [6.07, 6.45) is -2.33. The molecule has 0 spiro atoms. The van der Waals surface area contributed by atoms with E-state index >= 15 is 0 Å². The van der Waals surface area contributed by atoms with E-state index in [2.05, 4.69) is 14.5 Å². The molecule has 37 heavy (non-hydrogen) atoms. The first-order valence-electron chi connectivity index (χ1n) is 11.6. The van der Waals surface area contributed by atoms with Gasteiger partial charge in [0.2, 0.25) is 10.0 Å². The summed E-state index contributed by atoms with van der Waals surface area (Å²) in [4.78, 5) is 4.44. The van der Waals surface area contributed by atoms with Crippen LogP contribution in [0.15, 0.2) is 53.4 Å². The molecule has 0 saturated carbocycles. The first-order valence-corrected chi connectivity index (χ1v) is 13.1. The summed E-state index contributed by atoms with van der Waals surface area (Å²) in [6.45, 7) is 2.32. The highest BCUT2D eigenvalue weighted by atomic mass is 35.5. The number of hydrogen-bond acceptors (Lipinski definition) is 9. The average Bonchev–Trinajstić information content (AvgIpc) is 3.22. The fraction of sp³-hybridized carbons (Fsp3) is 0.500. The molecule has 0 radical (unpaired) electrons. The average molecular weight is 581 g/mol. The molecule has 2 aliphatic rings. The number of nitrogens with zero attached hydrogens (tertiary/aromatic N) is 2. The van der Waals surface area contributed by atoms with Gasteiger partial charge in [0, 0.05) is 32.7 Å². The van der Waals surface area contributed by atoms with Crippen LogP contribution in [0.25, 0.3) is 0 Å². The first-order chi connectivity index (χ1) is 16.9. The molecule has 2 aliphatic heterocycles. The molecular weight excluding hydrogens is 545 g/mol. The zero-order valence-corrected chi connectivity index (χ0v) is 23.2. The second-order valence-electron chi connectivity index (χ2n) is 8.60. The predicted octanol–water partition coefficient (Wildman–Crippen LogP) is 1.14. The standard InChI is InChI=1S/C24H33N3O7S.2ClH/c1-32-17-7-9-18(10-8-17)35(30,31)25-15-21-23(24(29)22(16-28)34-21)27-13-11-26(12-14-27)19-5-3-4-6-20(19)33-2;;/h3-10,21-25,28-29H,11-16H2,1-2H3;2*1H/t21-,22+,23+,24-;;/m1../s1. The van der Waals surface area contributed by atoms with Gasteiger partial charge >= 0.3 is 0 Å². The molecule has 208 valence electrons. The van der Waals surface area contributed by atoms with E-state index in [0.29, 0.717) is 31.9 Å². The summed E-state index contributed by atoms with van der Waals surface area (Å²) in [6, 6.07) is 13.5. The zero-order valence-electron chi connectivity index (χ0n) is 20.7. The van der Waals surface area contributed by atoms with E-state index in [1.165, 1.54) is 19.2 Å². The monoisotopic (exact) mass is 579 g/mol. The van der Waals surface area contributed by atoms with Crippen molar-refractivity contribution in [3.63, 3.8) is 0 Å². The number of piperazine rings is 1. The van der Waals surface area contributed by atoms with Gasteiger partial charge in [-0.3, -0.25) is 4.90 Å². The minimum Gasteiger partial charge on any atom is -0.497 e. The van der Waals surface area contributed by atoms with Crippen molar-refractivity contribution in [1.29, 1.82) is 0 Å². The minimum atomic E-state index is -3.79. The Morgan fingerprint density at radius 3 is 2.22 bits per heavy atom. The van der Waals surface area contributed by atoms with Crippen LogP contribution in [0.4, 0.5) is 5.69 Å². The number of aliphatic hydroxyl groups excluding tert-OH is 2. The number of rotatable bonds is 9. The lowest BCUT2D eigenvalue weighted by molar-refractivity contribution is -0.0201. The molecule has 2 aromatic rings. The Morgan fingerprint density at radius 2 is 1.62 bits per heavy atom. The Labute approximate surface area is 230 Å². The van der Waals surface area contributed by atoms with Crippen LogP contribution in [-0.2, 0) is 14.8 Å². The lowest BCUT2D eigenvalue weighted by Crippen LogP contribution is -2.57. The Bertz CT molecular complexity index is 1090. The van der Waals surface area contributed by atoms with Gasteiger partial charge in [0.1, 0.15) is 23.7 Å².